The fourth-order valence-electron chi connectivity index (χ4n) is 4.50. The van der Waals surface area contributed by atoms with Crippen LogP contribution in [0.4, 0.5) is 5.69 Å². The van der Waals surface area contributed by atoms with Crippen molar-refractivity contribution in [2.45, 2.75) is 64.8 Å². The highest BCUT2D eigenvalue weighted by Crippen LogP contribution is 2.34. The second kappa shape index (κ2) is 9.11. The highest BCUT2D eigenvalue weighted by atomic mass is 32.2. The molecule has 0 N–H and O–H groups in total. The molecule has 0 radical (unpaired) electrons. The first-order chi connectivity index (χ1) is 16.1. The predicted octanol–water partition coefficient (Wildman–Crippen LogP) is 4.37. The standard InChI is InChI=1S/C25H33N5O3S/c1-7-28(8-2)34(32,33)19-9-10-23-18(13-19)11-12-29(23)25(31)20-14-22(16(3)4)27-24-21(20)15-26-30(24)17(5)6/h9-10,13-17H,7-8,11-12H2,1-6H3. The second-order valence-electron chi connectivity index (χ2n) is 9.26. The van der Waals surface area contributed by atoms with Crippen molar-refractivity contribution in [3.05, 3.63) is 47.3 Å². The largest absolute Gasteiger partial charge is 0.308 e. The van der Waals surface area contributed by atoms with E-state index in [1.165, 1.54) is 4.31 Å². The smallest absolute Gasteiger partial charge is 0.259 e. The molecule has 0 fully saturated rings. The monoisotopic (exact) mass is 483 g/mol. The number of rotatable bonds is 7. The molecule has 1 aliphatic heterocycles. The third-order valence-electron chi connectivity index (χ3n) is 6.43. The van der Waals surface area contributed by atoms with Gasteiger partial charge in [-0.1, -0.05) is 27.7 Å². The first kappa shape index (κ1) is 24.3. The van der Waals surface area contributed by atoms with E-state index in [9.17, 15) is 13.2 Å². The van der Waals surface area contributed by atoms with Gasteiger partial charge in [0.15, 0.2) is 5.65 Å². The van der Waals surface area contributed by atoms with E-state index in [0.717, 1.165) is 22.3 Å². The van der Waals surface area contributed by atoms with Crippen LogP contribution in [0.3, 0.4) is 0 Å². The molecular formula is C25H33N5O3S. The van der Waals surface area contributed by atoms with Gasteiger partial charge in [0.1, 0.15) is 0 Å². The lowest BCUT2D eigenvalue weighted by Crippen LogP contribution is -2.31. The van der Waals surface area contributed by atoms with Crippen LogP contribution in [0.5, 0.6) is 0 Å². The van der Waals surface area contributed by atoms with Crippen LogP contribution in [-0.4, -0.2) is 53.0 Å². The van der Waals surface area contributed by atoms with Gasteiger partial charge in [-0.2, -0.15) is 9.40 Å². The Balaban J connectivity index is 1.76. The van der Waals surface area contributed by atoms with Gasteiger partial charge in [0.25, 0.3) is 5.91 Å². The highest BCUT2D eigenvalue weighted by Gasteiger charge is 2.30. The molecule has 182 valence electrons. The minimum absolute atomic E-state index is 0.115. The molecule has 3 aromatic rings. The topological polar surface area (TPSA) is 88.4 Å². The lowest BCUT2D eigenvalue weighted by molar-refractivity contribution is 0.0990. The molecule has 0 saturated carbocycles. The average molecular weight is 484 g/mol. The van der Waals surface area contributed by atoms with Gasteiger partial charge in [0.05, 0.1) is 22.0 Å². The molecule has 1 aromatic carbocycles. The Labute approximate surface area is 201 Å². The van der Waals surface area contributed by atoms with Crippen molar-refractivity contribution in [3.63, 3.8) is 0 Å². The van der Waals surface area contributed by atoms with Crippen LogP contribution in [0.1, 0.15) is 75.1 Å². The van der Waals surface area contributed by atoms with Gasteiger partial charge in [-0.25, -0.2) is 18.1 Å². The highest BCUT2D eigenvalue weighted by molar-refractivity contribution is 7.89. The zero-order chi connectivity index (χ0) is 24.8. The zero-order valence-electron chi connectivity index (χ0n) is 20.7. The van der Waals surface area contributed by atoms with Crippen LogP contribution in [-0.2, 0) is 16.4 Å². The summed E-state index contributed by atoms with van der Waals surface area (Å²) >= 11 is 0. The van der Waals surface area contributed by atoms with Crippen molar-refractivity contribution < 1.29 is 13.2 Å². The van der Waals surface area contributed by atoms with E-state index in [-0.39, 0.29) is 22.8 Å². The van der Waals surface area contributed by atoms with Gasteiger partial charge in [-0.15, -0.1) is 0 Å². The van der Waals surface area contributed by atoms with Crippen LogP contribution in [0.2, 0.25) is 0 Å². The van der Waals surface area contributed by atoms with Crippen molar-refractivity contribution in [3.8, 4) is 0 Å². The number of aromatic nitrogens is 3. The number of amides is 1. The van der Waals surface area contributed by atoms with Gasteiger partial charge in [0, 0.05) is 37.1 Å². The van der Waals surface area contributed by atoms with Crippen molar-refractivity contribution in [1.29, 1.82) is 0 Å². The Morgan fingerprint density at radius 2 is 1.82 bits per heavy atom. The number of hydrogen-bond acceptors (Lipinski definition) is 5. The predicted molar refractivity (Wildman–Crippen MR) is 134 cm³/mol. The fourth-order valence-corrected chi connectivity index (χ4v) is 6.00. The maximum Gasteiger partial charge on any atom is 0.259 e. The summed E-state index contributed by atoms with van der Waals surface area (Å²) in [6.45, 7) is 13.2. The summed E-state index contributed by atoms with van der Waals surface area (Å²) in [6.07, 6.45) is 2.33. The summed E-state index contributed by atoms with van der Waals surface area (Å²) in [7, 11) is -3.55. The number of anilines is 1. The lowest BCUT2D eigenvalue weighted by atomic mass is 10.0. The average Bonchev–Trinajstić information content (AvgIpc) is 3.42. The molecule has 0 aliphatic carbocycles. The Hall–Kier alpha value is -2.78. The number of carbonyl (C=O) groups is 1. The minimum atomic E-state index is -3.55. The summed E-state index contributed by atoms with van der Waals surface area (Å²) in [4.78, 5) is 20.6. The number of benzene rings is 1. The van der Waals surface area contributed by atoms with E-state index < -0.39 is 10.0 Å². The van der Waals surface area contributed by atoms with Crippen LogP contribution in [0.25, 0.3) is 11.0 Å². The Bertz CT molecular complexity index is 1340. The zero-order valence-corrected chi connectivity index (χ0v) is 21.6. The van der Waals surface area contributed by atoms with Gasteiger partial charge in [-0.3, -0.25) is 4.79 Å². The van der Waals surface area contributed by atoms with E-state index in [1.54, 1.807) is 29.3 Å². The Kier molecular flexibility index (Phi) is 6.52. The lowest BCUT2D eigenvalue weighted by Gasteiger charge is -2.21. The first-order valence-electron chi connectivity index (χ1n) is 11.9. The second-order valence-corrected chi connectivity index (χ2v) is 11.2. The molecule has 2 aromatic heterocycles. The number of hydrogen-bond donors (Lipinski definition) is 0. The van der Waals surface area contributed by atoms with Crippen molar-refractivity contribution in [1.82, 2.24) is 19.1 Å². The summed E-state index contributed by atoms with van der Waals surface area (Å²) in [5.41, 5.74) is 3.76. The third-order valence-corrected chi connectivity index (χ3v) is 8.48. The summed E-state index contributed by atoms with van der Waals surface area (Å²) in [5.74, 6) is 0.0425. The SMILES string of the molecule is CCN(CC)S(=O)(=O)c1ccc2c(c1)CCN2C(=O)c1cc(C(C)C)nc2c1cnn2C(C)C. The number of pyridine rings is 1. The maximum absolute atomic E-state index is 13.8. The normalized spacial score (nSPS) is 14.1. The minimum Gasteiger partial charge on any atom is -0.308 e. The Morgan fingerprint density at radius 1 is 1.12 bits per heavy atom. The van der Waals surface area contributed by atoms with Gasteiger partial charge >= 0.3 is 0 Å². The number of carbonyl (C=O) groups excluding carboxylic acids is 1. The van der Waals surface area contributed by atoms with E-state index in [2.05, 4.69) is 18.9 Å². The first-order valence-corrected chi connectivity index (χ1v) is 13.4. The van der Waals surface area contributed by atoms with Crippen LogP contribution in [0, 0.1) is 0 Å². The van der Waals surface area contributed by atoms with Gasteiger partial charge in [-0.05, 0) is 56.0 Å². The molecule has 4 rings (SSSR count). The molecule has 0 saturated heterocycles. The van der Waals surface area contributed by atoms with Crippen molar-refractivity contribution in [2.75, 3.05) is 24.5 Å². The van der Waals surface area contributed by atoms with Crippen molar-refractivity contribution >= 4 is 32.7 Å². The van der Waals surface area contributed by atoms with E-state index >= 15 is 0 Å². The molecule has 1 amide bonds. The molecule has 0 bridgehead atoms. The number of fused-ring (bicyclic) bond motifs is 2. The third kappa shape index (κ3) is 4.01. The van der Waals surface area contributed by atoms with Crippen LogP contribution >= 0.6 is 0 Å². The van der Waals surface area contributed by atoms with Gasteiger partial charge < -0.3 is 4.90 Å². The Morgan fingerprint density at radius 3 is 2.44 bits per heavy atom. The molecule has 0 unspecified atom stereocenters. The van der Waals surface area contributed by atoms with Crippen LogP contribution < -0.4 is 4.90 Å². The number of sulfonamides is 1. The summed E-state index contributed by atoms with van der Waals surface area (Å²) in [6, 6.07) is 7.08. The number of nitrogens with zero attached hydrogens (tertiary/aromatic N) is 5. The van der Waals surface area contributed by atoms with Gasteiger partial charge in [0.2, 0.25) is 10.0 Å². The van der Waals surface area contributed by atoms with E-state index in [4.69, 9.17) is 4.98 Å². The fraction of sp³-hybridized carbons (Fsp3) is 0.480. The molecule has 8 nitrogen and oxygen atoms in total. The van der Waals surface area contributed by atoms with E-state index in [1.807, 2.05) is 38.4 Å². The van der Waals surface area contributed by atoms with Crippen molar-refractivity contribution in [2.24, 2.45) is 0 Å². The molecule has 34 heavy (non-hydrogen) atoms. The quantitative estimate of drug-likeness (QED) is 0.498. The summed E-state index contributed by atoms with van der Waals surface area (Å²) < 4.78 is 29.2. The summed E-state index contributed by atoms with van der Waals surface area (Å²) in [5, 5.41) is 5.23. The molecule has 0 spiro atoms. The molecule has 0 atom stereocenters. The molecule has 3 heterocycles. The maximum atomic E-state index is 13.8. The molecule has 9 heteroatoms. The van der Waals surface area contributed by atoms with Crippen LogP contribution in [0.15, 0.2) is 35.4 Å². The molecule has 1 aliphatic rings. The van der Waals surface area contributed by atoms with E-state index in [0.29, 0.717) is 37.3 Å². The molecular weight excluding hydrogens is 450 g/mol.